The van der Waals surface area contributed by atoms with Crippen LogP contribution in [0.25, 0.3) is 0 Å². The lowest BCUT2D eigenvalue weighted by Gasteiger charge is -2.36. The van der Waals surface area contributed by atoms with Crippen LogP contribution in [0, 0.1) is 11.8 Å². The van der Waals surface area contributed by atoms with Crippen LogP contribution in [-0.4, -0.2) is 41.3 Å². The van der Waals surface area contributed by atoms with E-state index in [1.54, 1.807) is 34.6 Å². The first-order valence-electron chi connectivity index (χ1n) is 8.44. The van der Waals surface area contributed by atoms with Crippen LogP contribution in [0.15, 0.2) is 0 Å². The molecule has 6 heteroatoms. The van der Waals surface area contributed by atoms with E-state index in [1.807, 2.05) is 0 Å². The van der Waals surface area contributed by atoms with Crippen molar-refractivity contribution in [2.45, 2.75) is 84.0 Å². The molecular weight excluding hydrogens is 304 g/mol. The number of halogens is 2. The fourth-order valence-corrected chi connectivity index (χ4v) is 2.84. The molecule has 4 nitrogen and oxygen atoms in total. The first kappa shape index (κ1) is 20.3. The number of rotatable bonds is 7. The molecule has 0 aromatic rings. The molecule has 1 aliphatic carbocycles. The molecule has 2 N–H and O–H groups in total. The minimum Gasteiger partial charge on any atom is -0.388 e. The van der Waals surface area contributed by atoms with Gasteiger partial charge in [0.2, 0.25) is 11.8 Å². The Balaban J connectivity index is 2.54. The van der Waals surface area contributed by atoms with E-state index >= 15 is 0 Å². The van der Waals surface area contributed by atoms with E-state index in [4.69, 9.17) is 4.74 Å². The molecule has 0 radical (unpaired) electrons. The molecule has 0 aromatic carbocycles. The van der Waals surface area contributed by atoms with Gasteiger partial charge in [-0.15, -0.1) is 0 Å². The number of carbonyl (C=O) groups excluding carboxylic acids is 1. The van der Waals surface area contributed by atoms with Crippen molar-refractivity contribution >= 4 is 5.91 Å². The summed E-state index contributed by atoms with van der Waals surface area (Å²) in [6.45, 7) is 8.98. The molecule has 2 unspecified atom stereocenters. The maximum atomic E-state index is 13.2. The van der Waals surface area contributed by atoms with E-state index in [-0.39, 0.29) is 30.6 Å². The van der Waals surface area contributed by atoms with Gasteiger partial charge in [-0.3, -0.25) is 4.79 Å². The van der Waals surface area contributed by atoms with E-state index in [0.29, 0.717) is 19.4 Å². The van der Waals surface area contributed by atoms with E-state index in [9.17, 15) is 18.7 Å². The van der Waals surface area contributed by atoms with Gasteiger partial charge in [-0.2, -0.15) is 0 Å². The summed E-state index contributed by atoms with van der Waals surface area (Å²) in [4.78, 5) is 11.9. The number of nitrogens with one attached hydrogen (secondary N) is 1. The van der Waals surface area contributed by atoms with E-state index in [1.165, 1.54) is 0 Å². The van der Waals surface area contributed by atoms with Crippen molar-refractivity contribution in [3.63, 3.8) is 0 Å². The van der Waals surface area contributed by atoms with E-state index in [2.05, 4.69) is 5.32 Å². The van der Waals surface area contributed by atoms with Crippen molar-refractivity contribution in [2.24, 2.45) is 11.8 Å². The molecule has 23 heavy (non-hydrogen) atoms. The predicted molar refractivity (Wildman–Crippen MR) is 85.4 cm³/mol. The van der Waals surface area contributed by atoms with Crippen molar-refractivity contribution in [1.29, 1.82) is 0 Å². The second kappa shape index (κ2) is 7.88. The van der Waals surface area contributed by atoms with Crippen molar-refractivity contribution < 1.29 is 23.4 Å². The standard InChI is InChI=1S/C17H31F2NO3/c1-11(2)15(21)20-14(16(4,5)22)12(3)23-10-13-6-8-17(18,19)9-7-13/h11-14,22H,6-10H2,1-5H3,(H,20,21). The van der Waals surface area contributed by atoms with Crippen LogP contribution in [0.1, 0.15) is 60.3 Å². The Morgan fingerprint density at radius 3 is 2.26 bits per heavy atom. The number of carbonyl (C=O) groups is 1. The third-order valence-electron chi connectivity index (χ3n) is 4.48. The smallest absolute Gasteiger partial charge is 0.248 e. The molecule has 1 amide bonds. The Kier molecular flexibility index (Phi) is 6.95. The van der Waals surface area contributed by atoms with Crippen molar-refractivity contribution in [3.8, 4) is 0 Å². The highest BCUT2D eigenvalue weighted by Gasteiger charge is 2.37. The topological polar surface area (TPSA) is 58.6 Å². The summed E-state index contributed by atoms with van der Waals surface area (Å²) in [5.74, 6) is -2.76. The number of amides is 1. The van der Waals surface area contributed by atoms with Crippen molar-refractivity contribution in [3.05, 3.63) is 0 Å². The highest BCUT2D eigenvalue weighted by Crippen LogP contribution is 2.36. The Morgan fingerprint density at radius 2 is 1.83 bits per heavy atom. The summed E-state index contributed by atoms with van der Waals surface area (Å²) in [7, 11) is 0. The lowest BCUT2D eigenvalue weighted by Crippen LogP contribution is -2.56. The summed E-state index contributed by atoms with van der Waals surface area (Å²) in [6, 6.07) is -0.553. The Hall–Kier alpha value is -0.750. The molecule has 1 saturated carbocycles. The van der Waals surface area contributed by atoms with Gasteiger partial charge in [0.15, 0.2) is 0 Å². The summed E-state index contributed by atoms with van der Waals surface area (Å²) in [5.41, 5.74) is -1.14. The average molecular weight is 335 g/mol. The molecule has 0 bridgehead atoms. The number of hydrogen-bond acceptors (Lipinski definition) is 3. The average Bonchev–Trinajstić information content (AvgIpc) is 2.41. The van der Waals surface area contributed by atoms with Gasteiger partial charge in [0.1, 0.15) is 0 Å². The minimum atomic E-state index is -2.54. The maximum absolute atomic E-state index is 13.2. The molecule has 0 spiro atoms. The monoisotopic (exact) mass is 335 g/mol. The Labute approximate surface area is 138 Å². The third-order valence-corrected chi connectivity index (χ3v) is 4.48. The fraction of sp³-hybridized carbons (Fsp3) is 0.941. The quantitative estimate of drug-likeness (QED) is 0.751. The lowest BCUT2D eigenvalue weighted by molar-refractivity contribution is -0.130. The Morgan fingerprint density at radius 1 is 1.30 bits per heavy atom. The van der Waals surface area contributed by atoms with E-state index < -0.39 is 23.7 Å². The van der Waals surface area contributed by atoms with Crippen molar-refractivity contribution in [1.82, 2.24) is 5.32 Å². The second-order valence-corrected chi connectivity index (χ2v) is 7.63. The largest absolute Gasteiger partial charge is 0.388 e. The molecule has 2 atom stereocenters. The molecule has 1 rings (SSSR count). The molecule has 136 valence electrons. The molecule has 0 saturated heterocycles. The third kappa shape index (κ3) is 6.71. The zero-order valence-corrected chi connectivity index (χ0v) is 14.9. The van der Waals surface area contributed by atoms with Crippen LogP contribution in [0.2, 0.25) is 0 Å². The summed E-state index contributed by atoms with van der Waals surface area (Å²) in [6.07, 6.45) is 0.319. The number of hydrogen-bond donors (Lipinski definition) is 2. The number of ether oxygens (including phenoxy) is 1. The fourth-order valence-electron chi connectivity index (χ4n) is 2.84. The lowest BCUT2D eigenvalue weighted by atomic mass is 9.87. The zero-order chi connectivity index (χ0) is 17.8. The van der Waals surface area contributed by atoms with Crippen LogP contribution in [0.4, 0.5) is 8.78 Å². The molecule has 1 aliphatic rings. The predicted octanol–water partition coefficient (Wildman–Crippen LogP) is 3.13. The molecule has 0 aromatic heterocycles. The molecular formula is C17H31F2NO3. The normalized spacial score (nSPS) is 22.0. The van der Waals surface area contributed by atoms with Gasteiger partial charge in [-0.25, -0.2) is 8.78 Å². The second-order valence-electron chi connectivity index (χ2n) is 7.63. The van der Waals surface area contributed by atoms with Crippen LogP contribution < -0.4 is 5.32 Å². The van der Waals surface area contributed by atoms with Gasteiger partial charge in [-0.1, -0.05) is 13.8 Å². The summed E-state index contributed by atoms with van der Waals surface area (Å²) >= 11 is 0. The maximum Gasteiger partial charge on any atom is 0.248 e. The van der Waals surface area contributed by atoms with Gasteiger partial charge in [0.05, 0.1) is 17.7 Å². The van der Waals surface area contributed by atoms with Crippen LogP contribution in [0.3, 0.4) is 0 Å². The SMILES string of the molecule is CC(C)C(=O)NC(C(C)OCC1CCC(F)(F)CC1)C(C)(C)O. The van der Waals surface area contributed by atoms with Gasteiger partial charge in [-0.05, 0) is 39.5 Å². The van der Waals surface area contributed by atoms with Crippen LogP contribution in [0.5, 0.6) is 0 Å². The first-order valence-corrected chi connectivity index (χ1v) is 8.44. The van der Waals surface area contributed by atoms with Crippen LogP contribution >= 0.6 is 0 Å². The van der Waals surface area contributed by atoms with Crippen LogP contribution in [-0.2, 0) is 9.53 Å². The van der Waals surface area contributed by atoms with Gasteiger partial charge >= 0.3 is 0 Å². The molecule has 0 heterocycles. The Bertz CT molecular complexity index is 384. The molecule has 0 aliphatic heterocycles. The van der Waals surface area contributed by atoms with Crippen molar-refractivity contribution in [2.75, 3.05) is 6.61 Å². The van der Waals surface area contributed by atoms with Gasteiger partial charge in [0.25, 0.3) is 0 Å². The zero-order valence-electron chi connectivity index (χ0n) is 14.9. The van der Waals surface area contributed by atoms with E-state index in [0.717, 1.165) is 0 Å². The summed E-state index contributed by atoms with van der Waals surface area (Å²) < 4.78 is 32.1. The van der Waals surface area contributed by atoms with Gasteiger partial charge in [0, 0.05) is 25.4 Å². The molecule has 1 fully saturated rings. The number of alkyl halides is 2. The first-order chi connectivity index (χ1) is 10.4. The highest BCUT2D eigenvalue weighted by atomic mass is 19.3. The van der Waals surface area contributed by atoms with Gasteiger partial charge < -0.3 is 15.2 Å². The highest BCUT2D eigenvalue weighted by molar-refractivity contribution is 5.78. The number of aliphatic hydroxyl groups is 1. The minimum absolute atomic E-state index is 0.0889. The summed E-state index contributed by atoms with van der Waals surface area (Å²) in [5, 5.41) is 13.1.